The molecule has 1 unspecified atom stereocenters. The van der Waals surface area contributed by atoms with Gasteiger partial charge in [0.25, 0.3) is 5.92 Å². The molecule has 0 aliphatic carbocycles. The highest BCUT2D eigenvalue weighted by Gasteiger charge is 2.31. The molecule has 94 valence electrons. The fourth-order valence-electron chi connectivity index (χ4n) is 1.98. The van der Waals surface area contributed by atoms with Gasteiger partial charge in [-0.15, -0.1) is 0 Å². The van der Waals surface area contributed by atoms with Gasteiger partial charge in [0, 0.05) is 18.7 Å². The van der Waals surface area contributed by atoms with Crippen LogP contribution in [0.4, 0.5) is 8.78 Å². The van der Waals surface area contributed by atoms with Crippen LogP contribution in [0.2, 0.25) is 0 Å². The Labute approximate surface area is 100.0 Å². The van der Waals surface area contributed by atoms with Gasteiger partial charge in [-0.1, -0.05) is 30.3 Å². The molecule has 1 aliphatic rings. The second-order valence-corrected chi connectivity index (χ2v) is 4.34. The second kappa shape index (κ2) is 5.56. The summed E-state index contributed by atoms with van der Waals surface area (Å²) in [5.41, 5.74) is 0.0554. The van der Waals surface area contributed by atoms with Crippen molar-refractivity contribution in [1.29, 1.82) is 0 Å². The number of hydrogen-bond acceptors (Lipinski definition) is 2. The molecule has 1 atom stereocenters. The molecule has 2 nitrogen and oxygen atoms in total. The molecular weight excluding hydrogens is 224 g/mol. The minimum Gasteiger partial charge on any atom is -0.377 e. The normalized spacial score (nSPS) is 20.7. The Balaban J connectivity index is 1.80. The monoisotopic (exact) mass is 241 g/mol. The summed E-state index contributed by atoms with van der Waals surface area (Å²) in [6, 6.07) is 7.90. The highest BCUT2D eigenvalue weighted by molar-refractivity contribution is 5.20. The van der Waals surface area contributed by atoms with E-state index in [4.69, 9.17) is 4.74 Å². The second-order valence-electron chi connectivity index (χ2n) is 4.34. The van der Waals surface area contributed by atoms with Crippen LogP contribution in [0.1, 0.15) is 18.4 Å². The highest BCUT2D eigenvalue weighted by atomic mass is 19.3. The smallest absolute Gasteiger partial charge is 0.285 e. The molecule has 0 aromatic heterocycles. The summed E-state index contributed by atoms with van der Waals surface area (Å²) in [6.45, 7) is 0.917. The molecule has 1 aliphatic heterocycles. The van der Waals surface area contributed by atoms with E-state index in [9.17, 15) is 8.78 Å². The zero-order valence-electron chi connectivity index (χ0n) is 9.66. The van der Waals surface area contributed by atoms with Gasteiger partial charge in [0.1, 0.15) is 0 Å². The van der Waals surface area contributed by atoms with E-state index in [1.165, 1.54) is 12.1 Å². The molecule has 1 fully saturated rings. The largest absolute Gasteiger partial charge is 0.377 e. The molecule has 0 amide bonds. The number of halogens is 2. The zero-order valence-corrected chi connectivity index (χ0v) is 9.66. The standard InChI is InChI=1S/C13H17F2NO/c14-13(15,11-5-2-1-3-6-11)10-16-9-12-7-4-8-17-12/h1-3,5-6,12,16H,4,7-10H2. The van der Waals surface area contributed by atoms with Gasteiger partial charge in [-0.2, -0.15) is 8.78 Å². The van der Waals surface area contributed by atoms with Gasteiger partial charge in [-0.3, -0.25) is 0 Å². The topological polar surface area (TPSA) is 21.3 Å². The highest BCUT2D eigenvalue weighted by Crippen LogP contribution is 2.26. The van der Waals surface area contributed by atoms with E-state index in [2.05, 4.69) is 5.32 Å². The number of rotatable bonds is 5. The van der Waals surface area contributed by atoms with E-state index in [0.717, 1.165) is 19.4 Å². The van der Waals surface area contributed by atoms with Gasteiger partial charge in [-0.05, 0) is 12.8 Å². The maximum Gasteiger partial charge on any atom is 0.285 e. The molecular formula is C13H17F2NO. The van der Waals surface area contributed by atoms with Crippen LogP contribution >= 0.6 is 0 Å². The van der Waals surface area contributed by atoms with Crippen LogP contribution in [-0.2, 0) is 10.7 Å². The number of hydrogen-bond donors (Lipinski definition) is 1. The Morgan fingerprint density at radius 3 is 2.71 bits per heavy atom. The minimum absolute atomic E-state index is 0.0554. The molecule has 2 rings (SSSR count). The SMILES string of the molecule is FC(F)(CNCC1CCCO1)c1ccccc1. The summed E-state index contributed by atoms with van der Waals surface area (Å²) < 4.78 is 32.8. The van der Waals surface area contributed by atoms with Crippen molar-refractivity contribution in [2.24, 2.45) is 0 Å². The summed E-state index contributed by atoms with van der Waals surface area (Å²) in [4.78, 5) is 0. The van der Waals surface area contributed by atoms with Crippen molar-refractivity contribution < 1.29 is 13.5 Å². The summed E-state index contributed by atoms with van der Waals surface area (Å²) in [5.74, 6) is -2.82. The average molecular weight is 241 g/mol. The van der Waals surface area contributed by atoms with Crippen LogP contribution in [0.25, 0.3) is 0 Å². The maximum absolute atomic E-state index is 13.7. The third-order valence-electron chi connectivity index (χ3n) is 2.94. The Hall–Kier alpha value is -1.00. The van der Waals surface area contributed by atoms with Gasteiger partial charge in [-0.25, -0.2) is 0 Å². The van der Waals surface area contributed by atoms with Crippen molar-refractivity contribution in [1.82, 2.24) is 5.32 Å². The first-order chi connectivity index (χ1) is 8.18. The fourth-order valence-corrected chi connectivity index (χ4v) is 1.98. The van der Waals surface area contributed by atoms with E-state index in [0.29, 0.717) is 6.54 Å². The number of alkyl halides is 2. The Morgan fingerprint density at radius 1 is 1.29 bits per heavy atom. The first kappa shape index (κ1) is 12.5. The van der Waals surface area contributed by atoms with E-state index in [-0.39, 0.29) is 18.2 Å². The molecule has 0 radical (unpaired) electrons. The molecule has 1 saturated heterocycles. The Bertz CT molecular complexity index is 337. The molecule has 1 aromatic carbocycles. The molecule has 17 heavy (non-hydrogen) atoms. The molecule has 4 heteroatoms. The lowest BCUT2D eigenvalue weighted by atomic mass is 10.1. The molecule has 0 spiro atoms. The van der Waals surface area contributed by atoms with Crippen LogP contribution < -0.4 is 5.32 Å². The van der Waals surface area contributed by atoms with Gasteiger partial charge >= 0.3 is 0 Å². The van der Waals surface area contributed by atoms with Crippen LogP contribution in [0.5, 0.6) is 0 Å². The first-order valence-corrected chi connectivity index (χ1v) is 5.94. The maximum atomic E-state index is 13.7. The van der Waals surface area contributed by atoms with Gasteiger partial charge in [0.15, 0.2) is 0 Å². The summed E-state index contributed by atoms with van der Waals surface area (Å²) >= 11 is 0. The summed E-state index contributed by atoms with van der Waals surface area (Å²) in [5, 5.41) is 2.79. The van der Waals surface area contributed by atoms with Crippen LogP contribution in [-0.4, -0.2) is 25.8 Å². The van der Waals surface area contributed by atoms with Crippen molar-refractivity contribution in [3.63, 3.8) is 0 Å². The first-order valence-electron chi connectivity index (χ1n) is 5.94. The number of benzene rings is 1. The number of ether oxygens (including phenoxy) is 1. The van der Waals surface area contributed by atoms with E-state index < -0.39 is 5.92 Å². The van der Waals surface area contributed by atoms with Gasteiger partial charge < -0.3 is 10.1 Å². The molecule has 0 bridgehead atoms. The average Bonchev–Trinajstić information content (AvgIpc) is 2.83. The lowest BCUT2D eigenvalue weighted by Crippen LogP contribution is -2.35. The molecule has 1 aromatic rings. The van der Waals surface area contributed by atoms with Crippen LogP contribution in [0.15, 0.2) is 30.3 Å². The van der Waals surface area contributed by atoms with E-state index in [1.807, 2.05) is 0 Å². The quantitative estimate of drug-likeness (QED) is 0.855. The van der Waals surface area contributed by atoms with Gasteiger partial charge in [0.2, 0.25) is 0 Å². The molecule has 1 heterocycles. The molecule has 0 saturated carbocycles. The number of nitrogens with one attached hydrogen (secondary N) is 1. The van der Waals surface area contributed by atoms with Crippen molar-refractivity contribution >= 4 is 0 Å². The van der Waals surface area contributed by atoms with E-state index >= 15 is 0 Å². The van der Waals surface area contributed by atoms with Crippen molar-refractivity contribution in [2.45, 2.75) is 24.9 Å². The third kappa shape index (κ3) is 3.48. The summed E-state index contributed by atoms with van der Waals surface area (Å²) in [7, 11) is 0. The minimum atomic E-state index is -2.82. The van der Waals surface area contributed by atoms with Crippen LogP contribution in [0.3, 0.4) is 0 Å². The van der Waals surface area contributed by atoms with Crippen molar-refractivity contribution in [3.05, 3.63) is 35.9 Å². The fraction of sp³-hybridized carbons (Fsp3) is 0.538. The predicted octanol–water partition coefficient (Wildman–Crippen LogP) is 2.55. The van der Waals surface area contributed by atoms with Crippen molar-refractivity contribution in [2.75, 3.05) is 19.7 Å². The Kier molecular flexibility index (Phi) is 4.07. The lowest BCUT2D eigenvalue weighted by Gasteiger charge is -2.18. The lowest BCUT2D eigenvalue weighted by molar-refractivity contribution is -0.00642. The van der Waals surface area contributed by atoms with E-state index in [1.54, 1.807) is 18.2 Å². The predicted molar refractivity (Wildman–Crippen MR) is 62.2 cm³/mol. The summed E-state index contributed by atoms with van der Waals surface area (Å²) in [6.07, 6.45) is 2.09. The third-order valence-corrected chi connectivity index (χ3v) is 2.94. The Morgan fingerprint density at radius 2 is 2.06 bits per heavy atom. The zero-order chi connectivity index (χ0) is 12.1. The van der Waals surface area contributed by atoms with Crippen molar-refractivity contribution in [3.8, 4) is 0 Å². The van der Waals surface area contributed by atoms with Gasteiger partial charge in [0.05, 0.1) is 12.6 Å². The van der Waals surface area contributed by atoms with Crippen LogP contribution in [0, 0.1) is 0 Å². The molecule has 1 N–H and O–H groups in total.